The van der Waals surface area contributed by atoms with Gasteiger partial charge in [-0.25, -0.2) is 9.97 Å². The summed E-state index contributed by atoms with van der Waals surface area (Å²) in [5.74, 6) is 2.27. The van der Waals surface area contributed by atoms with Crippen LogP contribution in [0.5, 0.6) is 5.75 Å². The van der Waals surface area contributed by atoms with Crippen molar-refractivity contribution in [1.29, 1.82) is 0 Å². The molecule has 0 unspecified atom stereocenters. The molecule has 1 heterocycles. The van der Waals surface area contributed by atoms with Gasteiger partial charge in [-0.15, -0.1) is 0 Å². The van der Waals surface area contributed by atoms with Crippen molar-refractivity contribution in [3.63, 3.8) is 0 Å². The van der Waals surface area contributed by atoms with E-state index in [0.717, 1.165) is 24.6 Å². The topological polar surface area (TPSA) is 59.1 Å². The second kappa shape index (κ2) is 5.01. The van der Waals surface area contributed by atoms with Gasteiger partial charge in [0.1, 0.15) is 6.33 Å². The van der Waals surface area contributed by atoms with Gasteiger partial charge in [0.15, 0.2) is 11.6 Å². The second-order valence-electron chi connectivity index (χ2n) is 3.95. The minimum atomic E-state index is 0.558. The SMILES string of the molecule is CCCNc1ncnc(NC2CC2)c1OC. The maximum atomic E-state index is 5.35. The van der Waals surface area contributed by atoms with Gasteiger partial charge in [-0.2, -0.15) is 0 Å². The van der Waals surface area contributed by atoms with Gasteiger partial charge in [0.2, 0.25) is 5.75 Å². The lowest BCUT2D eigenvalue weighted by Crippen LogP contribution is -2.09. The van der Waals surface area contributed by atoms with Crippen LogP contribution in [0.1, 0.15) is 26.2 Å². The van der Waals surface area contributed by atoms with Crippen LogP contribution in [0.15, 0.2) is 6.33 Å². The van der Waals surface area contributed by atoms with Crippen molar-refractivity contribution in [3.05, 3.63) is 6.33 Å². The first-order valence-corrected chi connectivity index (χ1v) is 5.74. The third-order valence-electron chi connectivity index (χ3n) is 2.47. The van der Waals surface area contributed by atoms with Gasteiger partial charge >= 0.3 is 0 Å². The molecule has 0 aromatic carbocycles. The van der Waals surface area contributed by atoms with E-state index in [1.54, 1.807) is 13.4 Å². The zero-order chi connectivity index (χ0) is 11.4. The molecule has 0 saturated heterocycles. The Morgan fingerprint density at radius 3 is 2.75 bits per heavy atom. The van der Waals surface area contributed by atoms with E-state index in [2.05, 4.69) is 27.5 Å². The Hall–Kier alpha value is -1.52. The molecule has 1 aromatic heterocycles. The molecule has 1 saturated carbocycles. The van der Waals surface area contributed by atoms with Crippen molar-refractivity contribution in [2.45, 2.75) is 32.2 Å². The van der Waals surface area contributed by atoms with Crippen LogP contribution < -0.4 is 15.4 Å². The van der Waals surface area contributed by atoms with Gasteiger partial charge in [-0.1, -0.05) is 6.92 Å². The van der Waals surface area contributed by atoms with Crippen LogP contribution in [0.3, 0.4) is 0 Å². The molecule has 1 aromatic rings. The van der Waals surface area contributed by atoms with Crippen molar-refractivity contribution in [1.82, 2.24) is 9.97 Å². The van der Waals surface area contributed by atoms with E-state index >= 15 is 0 Å². The Labute approximate surface area is 95.6 Å². The number of hydrogen-bond donors (Lipinski definition) is 2. The third kappa shape index (κ3) is 2.53. The number of anilines is 2. The molecule has 0 spiro atoms. The lowest BCUT2D eigenvalue weighted by Gasteiger charge is -2.13. The lowest BCUT2D eigenvalue weighted by atomic mass is 10.4. The molecule has 2 rings (SSSR count). The quantitative estimate of drug-likeness (QED) is 0.769. The van der Waals surface area contributed by atoms with Gasteiger partial charge in [-0.3, -0.25) is 0 Å². The molecule has 0 atom stereocenters. The smallest absolute Gasteiger partial charge is 0.204 e. The Kier molecular flexibility index (Phi) is 3.44. The third-order valence-corrected chi connectivity index (χ3v) is 2.47. The van der Waals surface area contributed by atoms with Crippen molar-refractivity contribution in [2.75, 3.05) is 24.3 Å². The molecule has 0 amide bonds. The molecule has 0 bridgehead atoms. The average molecular weight is 222 g/mol. The Morgan fingerprint density at radius 2 is 2.12 bits per heavy atom. The van der Waals surface area contributed by atoms with Crippen LogP contribution in [0.2, 0.25) is 0 Å². The fraction of sp³-hybridized carbons (Fsp3) is 0.636. The zero-order valence-corrected chi connectivity index (χ0v) is 9.79. The maximum Gasteiger partial charge on any atom is 0.204 e. The minimum Gasteiger partial charge on any atom is -0.490 e. The zero-order valence-electron chi connectivity index (χ0n) is 9.79. The minimum absolute atomic E-state index is 0.558. The van der Waals surface area contributed by atoms with Crippen molar-refractivity contribution < 1.29 is 4.74 Å². The summed E-state index contributed by atoms with van der Waals surface area (Å²) in [4.78, 5) is 8.40. The number of ether oxygens (including phenoxy) is 1. The highest BCUT2D eigenvalue weighted by molar-refractivity contribution is 5.64. The normalized spacial score (nSPS) is 14.6. The van der Waals surface area contributed by atoms with Crippen LogP contribution in [0, 0.1) is 0 Å². The van der Waals surface area contributed by atoms with Gasteiger partial charge < -0.3 is 15.4 Å². The van der Waals surface area contributed by atoms with Gasteiger partial charge in [0.25, 0.3) is 0 Å². The highest BCUT2D eigenvalue weighted by Gasteiger charge is 2.24. The van der Waals surface area contributed by atoms with E-state index in [1.165, 1.54) is 12.8 Å². The number of nitrogens with one attached hydrogen (secondary N) is 2. The number of methoxy groups -OCH3 is 1. The highest BCUT2D eigenvalue weighted by atomic mass is 16.5. The Morgan fingerprint density at radius 1 is 1.38 bits per heavy atom. The first kappa shape index (κ1) is 11.0. The molecular formula is C11H18N4O. The summed E-state index contributed by atoms with van der Waals surface area (Å²) in [6.45, 7) is 3.00. The molecular weight excluding hydrogens is 204 g/mol. The fourth-order valence-electron chi connectivity index (χ4n) is 1.46. The van der Waals surface area contributed by atoms with Crippen molar-refractivity contribution >= 4 is 11.6 Å². The Bertz CT molecular complexity index is 352. The molecule has 0 radical (unpaired) electrons. The number of nitrogens with zero attached hydrogens (tertiary/aromatic N) is 2. The molecule has 88 valence electrons. The van der Waals surface area contributed by atoms with E-state index in [4.69, 9.17) is 4.74 Å². The molecule has 2 N–H and O–H groups in total. The monoisotopic (exact) mass is 222 g/mol. The van der Waals surface area contributed by atoms with Crippen LogP contribution in [0.4, 0.5) is 11.6 Å². The predicted molar refractivity (Wildman–Crippen MR) is 64.0 cm³/mol. The molecule has 0 aliphatic heterocycles. The predicted octanol–water partition coefficient (Wildman–Crippen LogP) is 1.88. The summed E-state index contributed by atoms with van der Waals surface area (Å²) < 4.78 is 5.35. The lowest BCUT2D eigenvalue weighted by molar-refractivity contribution is 0.414. The Balaban J connectivity index is 2.15. The molecule has 1 fully saturated rings. The summed E-state index contributed by atoms with van der Waals surface area (Å²) in [7, 11) is 1.65. The average Bonchev–Trinajstić information content (AvgIpc) is 3.10. The van der Waals surface area contributed by atoms with Gasteiger partial charge in [0.05, 0.1) is 7.11 Å². The van der Waals surface area contributed by atoms with Gasteiger partial charge in [0, 0.05) is 12.6 Å². The van der Waals surface area contributed by atoms with Crippen LogP contribution in [-0.4, -0.2) is 29.7 Å². The molecule has 1 aliphatic rings. The first-order valence-electron chi connectivity index (χ1n) is 5.74. The largest absolute Gasteiger partial charge is 0.490 e. The van der Waals surface area contributed by atoms with E-state index in [0.29, 0.717) is 11.8 Å². The van der Waals surface area contributed by atoms with Crippen LogP contribution >= 0.6 is 0 Å². The first-order chi connectivity index (χ1) is 7.85. The van der Waals surface area contributed by atoms with Crippen molar-refractivity contribution in [2.24, 2.45) is 0 Å². The fourth-order valence-corrected chi connectivity index (χ4v) is 1.46. The second-order valence-corrected chi connectivity index (χ2v) is 3.95. The summed E-state index contributed by atoms with van der Waals surface area (Å²) in [5, 5.41) is 6.57. The molecule has 5 heteroatoms. The van der Waals surface area contributed by atoms with Gasteiger partial charge in [-0.05, 0) is 19.3 Å². The molecule has 5 nitrogen and oxygen atoms in total. The number of rotatable bonds is 6. The summed E-state index contributed by atoms with van der Waals surface area (Å²) in [6, 6.07) is 0.558. The van der Waals surface area contributed by atoms with Crippen LogP contribution in [-0.2, 0) is 0 Å². The number of aromatic nitrogens is 2. The highest BCUT2D eigenvalue weighted by Crippen LogP contribution is 2.33. The van der Waals surface area contributed by atoms with E-state index in [-0.39, 0.29) is 0 Å². The van der Waals surface area contributed by atoms with E-state index < -0.39 is 0 Å². The standard InChI is InChI=1S/C11H18N4O/c1-3-6-12-10-9(16-2)11(14-7-13-10)15-8-4-5-8/h7-8H,3-6H2,1-2H3,(H2,12,13,14,15). The molecule has 16 heavy (non-hydrogen) atoms. The summed E-state index contributed by atoms with van der Waals surface area (Å²) in [6.07, 6.45) is 5.04. The van der Waals surface area contributed by atoms with E-state index in [1.807, 2.05) is 0 Å². The molecule has 1 aliphatic carbocycles. The number of hydrogen-bond acceptors (Lipinski definition) is 5. The van der Waals surface area contributed by atoms with Crippen molar-refractivity contribution in [3.8, 4) is 5.75 Å². The summed E-state index contributed by atoms with van der Waals surface area (Å²) in [5.41, 5.74) is 0. The maximum absolute atomic E-state index is 5.35. The van der Waals surface area contributed by atoms with E-state index in [9.17, 15) is 0 Å². The van der Waals surface area contributed by atoms with Crippen LogP contribution in [0.25, 0.3) is 0 Å². The summed E-state index contributed by atoms with van der Waals surface area (Å²) >= 11 is 0.